The molecule has 0 amide bonds. The lowest BCUT2D eigenvalue weighted by atomic mass is 10.1. The van der Waals surface area contributed by atoms with Crippen LogP contribution in [-0.2, 0) is 19.6 Å². The molecule has 0 heterocycles. The summed E-state index contributed by atoms with van der Waals surface area (Å²) in [5.41, 5.74) is 3.10. The molecule has 34 heavy (non-hydrogen) atoms. The Bertz CT molecular complexity index is 1110. The van der Waals surface area contributed by atoms with Crippen molar-refractivity contribution >= 4 is 39.1 Å². The molecular weight excluding hydrogens is 541 g/mol. The molecule has 0 spiro atoms. The molecule has 3 aromatic carbocycles. The molecule has 0 saturated carbocycles. The number of hydrogen-bond acceptors (Lipinski definition) is 5. The van der Waals surface area contributed by atoms with Gasteiger partial charge >= 0.3 is 0 Å². The van der Waals surface area contributed by atoms with Crippen molar-refractivity contribution in [2.75, 3.05) is 27.4 Å². The normalized spacial score (nSPS) is 10.8. The highest BCUT2D eigenvalue weighted by molar-refractivity contribution is 9.10. The Hall–Kier alpha value is -2.12. The lowest BCUT2D eigenvalue weighted by molar-refractivity contribution is 0.269. The van der Waals surface area contributed by atoms with Gasteiger partial charge in [0.25, 0.3) is 0 Å². The van der Waals surface area contributed by atoms with Gasteiger partial charge < -0.3 is 24.3 Å². The van der Waals surface area contributed by atoms with E-state index in [0.717, 1.165) is 40.1 Å². The van der Waals surface area contributed by atoms with E-state index in [-0.39, 0.29) is 0 Å². The second-order valence-corrected chi connectivity index (χ2v) is 9.16. The van der Waals surface area contributed by atoms with Crippen LogP contribution in [0.1, 0.15) is 23.6 Å². The van der Waals surface area contributed by atoms with Crippen molar-refractivity contribution in [1.29, 1.82) is 0 Å². The average Bonchev–Trinajstić information content (AvgIpc) is 2.83. The van der Waals surface area contributed by atoms with Crippen molar-refractivity contribution in [3.63, 3.8) is 0 Å². The summed E-state index contributed by atoms with van der Waals surface area (Å²) in [4.78, 5) is 0. The van der Waals surface area contributed by atoms with Gasteiger partial charge in [-0.05, 0) is 67.4 Å². The molecule has 182 valence electrons. The minimum absolute atomic E-state index is 0.311. The minimum Gasteiger partial charge on any atom is -0.493 e. The molecule has 0 aromatic heterocycles. The van der Waals surface area contributed by atoms with Crippen LogP contribution in [0.4, 0.5) is 0 Å². The Morgan fingerprint density at radius 1 is 0.824 bits per heavy atom. The van der Waals surface area contributed by atoms with Crippen molar-refractivity contribution in [2.45, 2.75) is 26.5 Å². The van der Waals surface area contributed by atoms with E-state index in [9.17, 15) is 0 Å². The summed E-state index contributed by atoms with van der Waals surface area (Å²) >= 11 is 15.9. The van der Waals surface area contributed by atoms with E-state index in [1.54, 1.807) is 26.4 Å². The molecule has 1 N–H and O–H groups in total. The molecular formula is C26H28BrCl2NO4. The molecule has 0 radical (unpaired) electrons. The number of ether oxygens (including phenoxy) is 4. The lowest BCUT2D eigenvalue weighted by Gasteiger charge is -2.16. The highest BCUT2D eigenvalue weighted by Gasteiger charge is 2.12. The Morgan fingerprint density at radius 3 is 2.29 bits per heavy atom. The number of rotatable bonds is 12. The molecule has 0 aliphatic heterocycles. The van der Waals surface area contributed by atoms with Crippen LogP contribution in [-0.4, -0.2) is 27.4 Å². The first-order valence-electron chi connectivity index (χ1n) is 10.9. The Labute approximate surface area is 219 Å². The number of hydrogen-bond donors (Lipinski definition) is 1. The summed E-state index contributed by atoms with van der Waals surface area (Å²) in [5.74, 6) is 2.80. The summed E-state index contributed by atoms with van der Waals surface area (Å²) in [5, 5.41) is 4.65. The van der Waals surface area contributed by atoms with Gasteiger partial charge in [-0.15, -0.1) is 0 Å². The maximum atomic E-state index is 6.27. The summed E-state index contributed by atoms with van der Waals surface area (Å²) in [6.45, 7) is 4.27. The van der Waals surface area contributed by atoms with Gasteiger partial charge in [-0.1, -0.05) is 51.3 Å². The van der Waals surface area contributed by atoms with Crippen LogP contribution in [0.5, 0.6) is 23.0 Å². The lowest BCUT2D eigenvalue weighted by Crippen LogP contribution is -2.17. The third-order valence-corrected chi connectivity index (χ3v) is 6.49. The van der Waals surface area contributed by atoms with Gasteiger partial charge in [-0.2, -0.15) is 0 Å². The van der Waals surface area contributed by atoms with E-state index in [1.807, 2.05) is 43.3 Å². The fourth-order valence-corrected chi connectivity index (χ4v) is 4.31. The molecule has 0 bridgehead atoms. The first-order valence-corrected chi connectivity index (χ1v) is 12.4. The van der Waals surface area contributed by atoms with Crippen molar-refractivity contribution in [1.82, 2.24) is 5.32 Å². The maximum absolute atomic E-state index is 6.27. The summed E-state index contributed by atoms with van der Waals surface area (Å²) in [7, 11) is 3.28. The van der Waals surface area contributed by atoms with Crippen molar-refractivity contribution in [2.24, 2.45) is 0 Å². The van der Waals surface area contributed by atoms with Crippen LogP contribution < -0.4 is 24.3 Å². The van der Waals surface area contributed by atoms with Gasteiger partial charge in [0.2, 0.25) is 0 Å². The zero-order valence-electron chi connectivity index (χ0n) is 19.4. The first kappa shape index (κ1) is 26.5. The van der Waals surface area contributed by atoms with Crippen molar-refractivity contribution in [3.8, 4) is 23.0 Å². The molecule has 0 saturated heterocycles. The van der Waals surface area contributed by atoms with Crippen molar-refractivity contribution in [3.05, 3.63) is 79.7 Å². The predicted molar refractivity (Wildman–Crippen MR) is 141 cm³/mol. The van der Waals surface area contributed by atoms with Gasteiger partial charge in [0.1, 0.15) is 6.61 Å². The smallest absolute Gasteiger partial charge is 0.162 e. The molecule has 0 fully saturated rings. The van der Waals surface area contributed by atoms with Crippen LogP contribution in [0.15, 0.2) is 53.0 Å². The fraction of sp³-hybridized carbons (Fsp3) is 0.308. The van der Waals surface area contributed by atoms with Crippen LogP contribution >= 0.6 is 39.1 Å². The van der Waals surface area contributed by atoms with E-state index in [1.165, 1.54) is 5.56 Å². The van der Waals surface area contributed by atoms with Crippen LogP contribution in [0.25, 0.3) is 0 Å². The standard InChI is InChI=1S/C26H28BrCl2NO4/c1-4-33-25-12-19(15-30-10-9-17-5-8-23(31-2)24(11-17)32-3)21(27)14-26(25)34-16-18-6-7-20(28)13-22(18)29/h5-8,11-14,30H,4,9-10,15-16H2,1-3H3. The summed E-state index contributed by atoms with van der Waals surface area (Å²) < 4.78 is 23.5. The topological polar surface area (TPSA) is 49.0 Å². The third kappa shape index (κ3) is 7.19. The van der Waals surface area contributed by atoms with Gasteiger partial charge in [0.05, 0.1) is 20.8 Å². The van der Waals surface area contributed by atoms with Crippen LogP contribution in [0.3, 0.4) is 0 Å². The summed E-state index contributed by atoms with van der Waals surface area (Å²) in [6, 6.07) is 15.3. The number of benzene rings is 3. The highest BCUT2D eigenvalue weighted by atomic mass is 79.9. The molecule has 0 aliphatic rings. The molecule has 5 nitrogen and oxygen atoms in total. The largest absolute Gasteiger partial charge is 0.493 e. The Kier molecular flexibility index (Phi) is 10.2. The Balaban J connectivity index is 1.62. The van der Waals surface area contributed by atoms with Gasteiger partial charge in [0.15, 0.2) is 23.0 Å². The molecule has 0 aliphatic carbocycles. The number of halogens is 3. The van der Waals surface area contributed by atoms with Crippen LogP contribution in [0.2, 0.25) is 10.0 Å². The first-order chi connectivity index (χ1) is 16.4. The fourth-order valence-electron chi connectivity index (χ4n) is 3.38. The number of nitrogens with one attached hydrogen (secondary N) is 1. The zero-order valence-corrected chi connectivity index (χ0v) is 22.5. The van der Waals surface area contributed by atoms with E-state index < -0.39 is 0 Å². The average molecular weight is 569 g/mol. The SMILES string of the molecule is CCOc1cc(CNCCc2ccc(OC)c(OC)c2)c(Br)cc1OCc1ccc(Cl)cc1Cl. The summed E-state index contributed by atoms with van der Waals surface area (Å²) in [6.07, 6.45) is 0.860. The Morgan fingerprint density at radius 2 is 1.59 bits per heavy atom. The molecule has 8 heteroatoms. The van der Waals surface area contributed by atoms with Crippen LogP contribution in [0, 0.1) is 0 Å². The van der Waals surface area contributed by atoms with E-state index in [4.69, 9.17) is 42.1 Å². The van der Waals surface area contributed by atoms with Gasteiger partial charge in [-0.25, -0.2) is 0 Å². The highest BCUT2D eigenvalue weighted by Crippen LogP contribution is 2.35. The molecule has 0 atom stereocenters. The molecule has 0 unspecified atom stereocenters. The van der Waals surface area contributed by atoms with Gasteiger partial charge in [-0.3, -0.25) is 0 Å². The monoisotopic (exact) mass is 567 g/mol. The minimum atomic E-state index is 0.311. The van der Waals surface area contributed by atoms with E-state index in [2.05, 4.69) is 21.2 Å². The quantitative estimate of drug-likeness (QED) is 0.236. The molecule has 3 aromatic rings. The van der Waals surface area contributed by atoms with E-state index >= 15 is 0 Å². The number of methoxy groups -OCH3 is 2. The van der Waals surface area contributed by atoms with Gasteiger partial charge in [0, 0.05) is 26.6 Å². The van der Waals surface area contributed by atoms with Crippen molar-refractivity contribution < 1.29 is 18.9 Å². The third-order valence-electron chi connectivity index (χ3n) is 5.16. The zero-order chi connectivity index (χ0) is 24.5. The predicted octanol–water partition coefficient (Wildman–Crippen LogP) is 7.08. The second-order valence-electron chi connectivity index (χ2n) is 7.46. The van der Waals surface area contributed by atoms with E-state index in [0.29, 0.717) is 41.3 Å². The second kappa shape index (κ2) is 13.1. The maximum Gasteiger partial charge on any atom is 0.162 e. The molecule has 3 rings (SSSR count).